The Labute approximate surface area is 120 Å². The van der Waals surface area contributed by atoms with Gasteiger partial charge in [-0.25, -0.2) is 4.99 Å². The Morgan fingerprint density at radius 1 is 1.00 bits per heavy atom. The molecule has 1 N–H and O–H groups in total. The van der Waals surface area contributed by atoms with Crippen LogP contribution in [-0.2, 0) is 0 Å². The van der Waals surface area contributed by atoms with E-state index in [1.807, 2.05) is 42.5 Å². The summed E-state index contributed by atoms with van der Waals surface area (Å²) in [7, 11) is 0. The number of hydrogen-bond donors (Lipinski definition) is 2. The molecule has 0 amide bonds. The Hall–Kier alpha value is -2.33. The molecule has 0 spiro atoms. The van der Waals surface area contributed by atoms with E-state index in [1.165, 1.54) is 0 Å². The summed E-state index contributed by atoms with van der Waals surface area (Å²) in [6.07, 6.45) is 0. The SMILES string of the molecule is O=C1C(c2[nH]c3ccccc3c2S)=Nc2ccccc21. The Balaban J connectivity index is 1.94. The van der Waals surface area contributed by atoms with Crippen molar-refractivity contribution in [1.82, 2.24) is 4.98 Å². The minimum atomic E-state index is -0.0533. The van der Waals surface area contributed by atoms with E-state index in [0.29, 0.717) is 17.0 Å². The lowest BCUT2D eigenvalue weighted by Crippen LogP contribution is -2.12. The fraction of sp³-hybridized carbons (Fsp3) is 0. The van der Waals surface area contributed by atoms with Gasteiger partial charge in [-0.3, -0.25) is 4.79 Å². The number of aliphatic imine (C=N–C) groups is 1. The predicted octanol–water partition coefficient (Wildman–Crippen LogP) is 3.77. The number of aromatic nitrogens is 1. The molecule has 0 atom stereocenters. The first kappa shape index (κ1) is 11.5. The molecule has 1 aliphatic rings. The summed E-state index contributed by atoms with van der Waals surface area (Å²) in [5.41, 5.74) is 3.45. The number of carbonyl (C=O) groups excluding carboxylic acids is 1. The number of benzene rings is 2. The monoisotopic (exact) mass is 278 g/mol. The molecule has 2 aromatic carbocycles. The molecule has 0 fully saturated rings. The number of para-hydroxylation sites is 2. The van der Waals surface area contributed by atoms with Crippen LogP contribution < -0.4 is 0 Å². The second-order valence-electron chi connectivity index (χ2n) is 4.70. The molecule has 3 aromatic rings. The van der Waals surface area contributed by atoms with Crippen LogP contribution in [0.25, 0.3) is 10.9 Å². The van der Waals surface area contributed by atoms with Gasteiger partial charge < -0.3 is 4.98 Å². The quantitative estimate of drug-likeness (QED) is 0.654. The van der Waals surface area contributed by atoms with Crippen LogP contribution in [0.4, 0.5) is 5.69 Å². The molecule has 3 nitrogen and oxygen atoms in total. The first-order valence-corrected chi connectivity index (χ1v) is 6.73. The van der Waals surface area contributed by atoms with E-state index < -0.39 is 0 Å². The van der Waals surface area contributed by atoms with Crippen LogP contribution in [0.3, 0.4) is 0 Å². The first-order valence-electron chi connectivity index (χ1n) is 6.28. The van der Waals surface area contributed by atoms with Crippen molar-refractivity contribution in [2.45, 2.75) is 4.90 Å². The molecule has 0 radical (unpaired) electrons. The minimum Gasteiger partial charge on any atom is -0.352 e. The lowest BCUT2D eigenvalue weighted by atomic mass is 10.1. The summed E-state index contributed by atoms with van der Waals surface area (Å²) in [6.45, 7) is 0. The van der Waals surface area contributed by atoms with Crippen molar-refractivity contribution in [3.8, 4) is 0 Å². The zero-order valence-corrected chi connectivity index (χ0v) is 11.3. The number of hydrogen-bond acceptors (Lipinski definition) is 3. The van der Waals surface area contributed by atoms with Crippen LogP contribution in [0.2, 0.25) is 0 Å². The van der Waals surface area contributed by atoms with Gasteiger partial charge in [0, 0.05) is 21.4 Å². The maximum Gasteiger partial charge on any atom is 0.215 e. The number of fused-ring (bicyclic) bond motifs is 2. The lowest BCUT2D eigenvalue weighted by molar-refractivity contribution is 0.107. The van der Waals surface area contributed by atoms with Crippen LogP contribution in [0, 0.1) is 0 Å². The molecule has 0 saturated heterocycles. The number of nitrogens with one attached hydrogen (secondary N) is 1. The van der Waals surface area contributed by atoms with Crippen LogP contribution >= 0.6 is 12.6 Å². The number of H-pyrrole nitrogens is 1. The number of carbonyl (C=O) groups is 1. The maximum absolute atomic E-state index is 12.4. The fourth-order valence-electron chi connectivity index (χ4n) is 2.53. The van der Waals surface area contributed by atoms with Crippen molar-refractivity contribution in [2.75, 3.05) is 0 Å². The number of rotatable bonds is 1. The summed E-state index contributed by atoms with van der Waals surface area (Å²) in [6, 6.07) is 15.2. The number of nitrogens with zero attached hydrogens (tertiary/aromatic N) is 1. The minimum absolute atomic E-state index is 0.0533. The van der Waals surface area contributed by atoms with Gasteiger partial charge in [-0.1, -0.05) is 30.3 Å². The average molecular weight is 278 g/mol. The van der Waals surface area contributed by atoms with Gasteiger partial charge in [0.25, 0.3) is 0 Å². The Morgan fingerprint density at radius 3 is 2.55 bits per heavy atom. The fourth-order valence-corrected chi connectivity index (χ4v) is 2.89. The van der Waals surface area contributed by atoms with Crippen molar-refractivity contribution in [2.24, 2.45) is 4.99 Å². The average Bonchev–Trinajstić information content (AvgIpc) is 2.98. The molecule has 96 valence electrons. The summed E-state index contributed by atoms with van der Waals surface area (Å²) in [5, 5.41) is 0.997. The van der Waals surface area contributed by atoms with Crippen LogP contribution in [0.15, 0.2) is 58.4 Å². The zero-order chi connectivity index (χ0) is 13.7. The van der Waals surface area contributed by atoms with Crippen molar-refractivity contribution in [3.05, 3.63) is 59.8 Å². The van der Waals surface area contributed by atoms with E-state index in [-0.39, 0.29) is 5.78 Å². The van der Waals surface area contributed by atoms with Gasteiger partial charge in [0.05, 0.1) is 11.4 Å². The molecule has 0 bridgehead atoms. The first-order chi connectivity index (χ1) is 9.75. The highest BCUT2D eigenvalue weighted by Gasteiger charge is 2.28. The third kappa shape index (κ3) is 1.48. The Kier molecular flexibility index (Phi) is 2.35. The zero-order valence-electron chi connectivity index (χ0n) is 10.4. The van der Waals surface area contributed by atoms with Crippen LogP contribution in [0.1, 0.15) is 16.1 Å². The van der Waals surface area contributed by atoms with E-state index in [9.17, 15) is 4.79 Å². The van der Waals surface area contributed by atoms with Gasteiger partial charge in [-0.2, -0.15) is 0 Å². The number of Topliss-reactive ketones (excluding diaryl/α,β-unsaturated/α-hetero) is 1. The summed E-state index contributed by atoms with van der Waals surface area (Å²) >= 11 is 4.55. The van der Waals surface area contributed by atoms with Crippen LogP contribution in [0.5, 0.6) is 0 Å². The van der Waals surface area contributed by atoms with Crippen molar-refractivity contribution in [1.29, 1.82) is 0 Å². The molecule has 1 aromatic heterocycles. The topological polar surface area (TPSA) is 45.2 Å². The molecular weight excluding hydrogens is 268 g/mol. The van der Waals surface area contributed by atoms with Crippen molar-refractivity contribution >= 4 is 40.7 Å². The third-order valence-electron chi connectivity index (χ3n) is 3.51. The second-order valence-corrected chi connectivity index (χ2v) is 5.15. The molecule has 4 rings (SSSR count). The van der Waals surface area contributed by atoms with Gasteiger partial charge >= 0.3 is 0 Å². The van der Waals surface area contributed by atoms with Crippen molar-refractivity contribution < 1.29 is 4.79 Å². The van der Waals surface area contributed by atoms with Gasteiger partial charge in [0.2, 0.25) is 5.78 Å². The summed E-state index contributed by atoms with van der Waals surface area (Å²) < 4.78 is 0. The van der Waals surface area contributed by atoms with E-state index >= 15 is 0 Å². The Bertz CT molecular complexity index is 892. The normalized spacial score (nSPS) is 13.7. The third-order valence-corrected chi connectivity index (χ3v) is 3.98. The molecule has 0 unspecified atom stereocenters. The van der Waals surface area contributed by atoms with Crippen LogP contribution in [-0.4, -0.2) is 16.5 Å². The Morgan fingerprint density at radius 2 is 1.75 bits per heavy atom. The van der Waals surface area contributed by atoms with E-state index in [4.69, 9.17) is 0 Å². The molecule has 1 aliphatic heterocycles. The standard InChI is InChI=1S/C16H10N2OS/c19-15-9-5-1-3-7-11(9)17-13(15)14-16(20)10-6-2-4-8-12(10)18-14/h1-8,18,20H. The van der Waals surface area contributed by atoms with E-state index in [2.05, 4.69) is 22.6 Å². The van der Waals surface area contributed by atoms with Gasteiger partial charge in [0.1, 0.15) is 5.71 Å². The molecule has 20 heavy (non-hydrogen) atoms. The maximum atomic E-state index is 12.4. The highest BCUT2D eigenvalue weighted by atomic mass is 32.1. The van der Waals surface area contributed by atoms with Crippen molar-refractivity contribution in [3.63, 3.8) is 0 Å². The van der Waals surface area contributed by atoms with E-state index in [1.54, 1.807) is 6.07 Å². The lowest BCUT2D eigenvalue weighted by Gasteiger charge is -1.97. The van der Waals surface area contributed by atoms with Gasteiger partial charge in [-0.15, -0.1) is 12.6 Å². The number of thiol groups is 1. The van der Waals surface area contributed by atoms with Gasteiger partial charge in [0.15, 0.2) is 0 Å². The molecule has 2 heterocycles. The highest BCUT2D eigenvalue weighted by molar-refractivity contribution is 7.80. The summed E-state index contributed by atoms with van der Waals surface area (Å²) in [4.78, 5) is 20.9. The smallest absolute Gasteiger partial charge is 0.215 e. The molecule has 0 saturated carbocycles. The number of ketones is 1. The number of aromatic amines is 1. The van der Waals surface area contributed by atoms with E-state index in [0.717, 1.165) is 21.5 Å². The second kappa shape index (κ2) is 4.08. The largest absolute Gasteiger partial charge is 0.352 e. The highest BCUT2D eigenvalue weighted by Crippen LogP contribution is 2.32. The molecular formula is C16H10N2OS. The predicted molar refractivity (Wildman–Crippen MR) is 82.5 cm³/mol. The molecule has 0 aliphatic carbocycles. The molecule has 4 heteroatoms. The summed E-state index contributed by atoms with van der Waals surface area (Å²) in [5.74, 6) is -0.0533. The van der Waals surface area contributed by atoms with Gasteiger partial charge in [-0.05, 0) is 18.2 Å².